The molecule has 0 amide bonds. The highest BCUT2D eigenvalue weighted by atomic mass is 28.3. The van der Waals surface area contributed by atoms with E-state index < -0.39 is 9.04 Å². The monoisotopic (exact) mass is 395 g/mol. The zero-order chi connectivity index (χ0) is 20.4. The third-order valence-electron chi connectivity index (χ3n) is 4.85. The number of hydrogen-bond donors (Lipinski definition) is 0. The molecule has 7 nitrogen and oxygen atoms in total. The maximum Gasteiger partial charge on any atom is 0.311 e. The quantitative estimate of drug-likeness (QED) is 0.417. The molecule has 1 aromatic carbocycles. The lowest BCUT2D eigenvalue weighted by Gasteiger charge is -2.39. The van der Waals surface area contributed by atoms with Gasteiger partial charge in [0, 0.05) is 49.6 Å². The van der Waals surface area contributed by atoms with E-state index in [4.69, 9.17) is 9.16 Å². The van der Waals surface area contributed by atoms with Gasteiger partial charge in [0.2, 0.25) is 0 Å². The van der Waals surface area contributed by atoms with Crippen molar-refractivity contribution >= 4 is 20.4 Å². The summed E-state index contributed by atoms with van der Waals surface area (Å²) in [6.45, 7) is 14.3. The number of rotatable bonds is 6. The molecule has 1 heterocycles. The van der Waals surface area contributed by atoms with Crippen molar-refractivity contribution in [2.24, 2.45) is 5.41 Å². The summed E-state index contributed by atoms with van der Waals surface area (Å²) in [7, 11) is 2.23. The number of methoxy groups -OCH3 is 1. The molecule has 8 heteroatoms. The van der Waals surface area contributed by atoms with Gasteiger partial charge in [0.1, 0.15) is 0 Å². The van der Waals surface area contributed by atoms with E-state index in [2.05, 4.69) is 50.7 Å². The number of anilines is 1. The minimum Gasteiger partial charge on any atom is -0.490 e. The van der Waals surface area contributed by atoms with Crippen LogP contribution >= 0.6 is 0 Å². The molecule has 2 rings (SSSR count). The Kier molecular flexibility index (Phi) is 6.88. The van der Waals surface area contributed by atoms with E-state index in [1.165, 1.54) is 7.11 Å². The van der Waals surface area contributed by atoms with Crippen LogP contribution in [0.1, 0.15) is 32.4 Å². The highest BCUT2D eigenvalue weighted by Gasteiger charge is 2.34. The lowest BCUT2D eigenvalue weighted by molar-refractivity contribution is -0.385. The number of nitro benzene ring substituents is 1. The molecule has 0 N–H and O–H groups in total. The van der Waals surface area contributed by atoms with E-state index in [0.717, 1.165) is 37.4 Å². The van der Waals surface area contributed by atoms with Gasteiger partial charge >= 0.3 is 5.69 Å². The van der Waals surface area contributed by atoms with Gasteiger partial charge in [0.05, 0.1) is 18.1 Å². The second kappa shape index (κ2) is 8.58. The molecule has 1 saturated heterocycles. The standard InChI is InChI=1S/C19H33N3O4Si/c1-19(2,3)18(26-27(6)7)14-12-16(22(23)24)17(25-5)13-15(14)21-10-8-20(4)9-11-21/h12-13,18,27H,8-11H2,1-7H3. The van der Waals surface area contributed by atoms with Gasteiger partial charge in [0.25, 0.3) is 0 Å². The third kappa shape index (κ3) is 5.21. The van der Waals surface area contributed by atoms with Crippen molar-refractivity contribution < 1.29 is 14.1 Å². The fourth-order valence-corrected chi connectivity index (χ4v) is 4.53. The van der Waals surface area contributed by atoms with Gasteiger partial charge in [-0.05, 0) is 25.6 Å². The van der Waals surface area contributed by atoms with Gasteiger partial charge in [-0.1, -0.05) is 20.8 Å². The smallest absolute Gasteiger partial charge is 0.311 e. The fraction of sp³-hybridized carbons (Fsp3) is 0.684. The molecular formula is C19H33N3O4Si. The lowest BCUT2D eigenvalue weighted by atomic mass is 9.83. The van der Waals surface area contributed by atoms with Crippen molar-refractivity contribution in [3.63, 3.8) is 0 Å². The Labute approximate surface area is 164 Å². The van der Waals surface area contributed by atoms with Crippen LogP contribution in [-0.4, -0.2) is 59.2 Å². The highest BCUT2D eigenvalue weighted by Crippen LogP contribution is 2.45. The van der Waals surface area contributed by atoms with Crippen LogP contribution in [0.3, 0.4) is 0 Å². The summed E-state index contributed by atoms with van der Waals surface area (Å²) in [5.41, 5.74) is 1.69. The van der Waals surface area contributed by atoms with Crippen molar-refractivity contribution in [1.29, 1.82) is 0 Å². The number of ether oxygens (including phenoxy) is 1. The second-order valence-corrected chi connectivity index (χ2v) is 10.9. The van der Waals surface area contributed by atoms with Crippen LogP contribution in [0.4, 0.5) is 11.4 Å². The Morgan fingerprint density at radius 3 is 2.22 bits per heavy atom. The Balaban J connectivity index is 2.63. The van der Waals surface area contributed by atoms with Crippen molar-refractivity contribution in [1.82, 2.24) is 4.90 Å². The highest BCUT2D eigenvalue weighted by molar-refractivity contribution is 6.48. The molecule has 1 atom stereocenters. The van der Waals surface area contributed by atoms with Crippen LogP contribution in [0, 0.1) is 15.5 Å². The summed E-state index contributed by atoms with van der Waals surface area (Å²) in [6, 6.07) is 3.49. The molecule has 1 unspecified atom stereocenters. The van der Waals surface area contributed by atoms with Crippen LogP contribution in [0.25, 0.3) is 0 Å². The average molecular weight is 396 g/mol. The van der Waals surface area contributed by atoms with Gasteiger partial charge < -0.3 is 19.0 Å². The molecule has 1 fully saturated rings. The van der Waals surface area contributed by atoms with Crippen LogP contribution in [0.5, 0.6) is 5.75 Å². The van der Waals surface area contributed by atoms with Crippen LogP contribution < -0.4 is 9.64 Å². The van der Waals surface area contributed by atoms with Crippen LogP contribution in [0.2, 0.25) is 13.1 Å². The van der Waals surface area contributed by atoms with E-state index in [1.807, 2.05) is 6.07 Å². The van der Waals surface area contributed by atoms with Crippen molar-refractivity contribution in [3.8, 4) is 5.75 Å². The summed E-state index contributed by atoms with van der Waals surface area (Å²) in [6.07, 6.45) is -0.205. The number of benzene rings is 1. The molecule has 0 radical (unpaired) electrons. The van der Waals surface area contributed by atoms with Gasteiger partial charge in [0.15, 0.2) is 14.8 Å². The first-order valence-corrected chi connectivity index (χ1v) is 12.3. The van der Waals surface area contributed by atoms with Gasteiger partial charge in [-0.15, -0.1) is 0 Å². The van der Waals surface area contributed by atoms with E-state index in [1.54, 1.807) is 6.07 Å². The zero-order valence-electron chi connectivity index (χ0n) is 17.6. The number of nitro groups is 1. The van der Waals surface area contributed by atoms with E-state index in [-0.39, 0.29) is 22.1 Å². The molecule has 0 spiro atoms. The topological polar surface area (TPSA) is 68.1 Å². The second-order valence-electron chi connectivity index (χ2n) is 8.56. The molecule has 0 aliphatic carbocycles. The summed E-state index contributed by atoms with van der Waals surface area (Å²) in [5, 5.41) is 11.6. The maximum atomic E-state index is 11.6. The Hall–Kier alpha value is -1.64. The first kappa shape index (κ1) is 21.7. The zero-order valence-corrected chi connectivity index (χ0v) is 18.8. The number of hydrogen-bond acceptors (Lipinski definition) is 6. The molecule has 0 bridgehead atoms. The van der Waals surface area contributed by atoms with Gasteiger partial charge in [-0.3, -0.25) is 10.1 Å². The van der Waals surface area contributed by atoms with Gasteiger partial charge in [-0.2, -0.15) is 0 Å². The summed E-state index contributed by atoms with van der Waals surface area (Å²) < 4.78 is 11.7. The molecule has 0 saturated carbocycles. The van der Waals surface area contributed by atoms with Crippen molar-refractivity contribution in [2.45, 2.75) is 40.0 Å². The predicted octanol–water partition coefficient (Wildman–Crippen LogP) is 3.44. The summed E-state index contributed by atoms with van der Waals surface area (Å²) in [5.74, 6) is 0.298. The molecule has 1 aliphatic heterocycles. The Bertz CT molecular complexity index is 668. The predicted molar refractivity (Wildman–Crippen MR) is 112 cm³/mol. The Morgan fingerprint density at radius 1 is 1.19 bits per heavy atom. The first-order chi connectivity index (χ1) is 12.5. The van der Waals surface area contributed by atoms with E-state index >= 15 is 0 Å². The molecular weight excluding hydrogens is 362 g/mol. The average Bonchev–Trinajstić information content (AvgIpc) is 2.58. The molecule has 0 aromatic heterocycles. The number of piperazine rings is 1. The number of likely N-dealkylation sites (N-methyl/N-ethyl adjacent to an activating group) is 1. The fourth-order valence-electron chi connectivity index (χ4n) is 3.43. The minimum absolute atomic E-state index is 0.00588. The largest absolute Gasteiger partial charge is 0.490 e. The van der Waals surface area contributed by atoms with E-state index in [9.17, 15) is 10.1 Å². The molecule has 1 aliphatic rings. The molecule has 152 valence electrons. The minimum atomic E-state index is -1.36. The van der Waals surface area contributed by atoms with Crippen LogP contribution in [-0.2, 0) is 4.43 Å². The van der Waals surface area contributed by atoms with Gasteiger partial charge in [-0.25, -0.2) is 0 Å². The molecule has 1 aromatic rings. The molecule has 27 heavy (non-hydrogen) atoms. The number of nitrogens with zero attached hydrogens (tertiary/aromatic N) is 3. The van der Waals surface area contributed by atoms with E-state index in [0.29, 0.717) is 5.75 Å². The Morgan fingerprint density at radius 2 is 1.78 bits per heavy atom. The third-order valence-corrected chi connectivity index (χ3v) is 5.66. The summed E-state index contributed by atoms with van der Waals surface area (Å²) in [4.78, 5) is 15.8. The lowest BCUT2D eigenvalue weighted by Crippen LogP contribution is -2.45. The SMILES string of the molecule is COc1cc(N2CCN(C)CC2)c(C(O[SiH](C)C)C(C)(C)C)cc1[N+](=O)[O-]. The van der Waals surface area contributed by atoms with Crippen molar-refractivity contribution in [3.05, 3.63) is 27.8 Å². The maximum absolute atomic E-state index is 11.6. The van der Waals surface area contributed by atoms with Crippen LogP contribution in [0.15, 0.2) is 12.1 Å². The van der Waals surface area contributed by atoms with Crippen molar-refractivity contribution in [2.75, 3.05) is 45.2 Å². The summed E-state index contributed by atoms with van der Waals surface area (Å²) >= 11 is 0. The normalized spacial score (nSPS) is 17.3. The first-order valence-electron chi connectivity index (χ1n) is 9.50.